The monoisotopic (exact) mass is 261 g/mol. The standard InChI is InChI=1S/C15H19NO3/c17-11-15-8-6-13(7-9-15)16(15)14(18)19-10-12-4-2-1-3-5-12/h1-5,13,17H,6-11H2. The summed E-state index contributed by atoms with van der Waals surface area (Å²) in [4.78, 5) is 14.0. The van der Waals surface area contributed by atoms with Crippen LogP contribution in [0.3, 0.4) is 0 Å². The minimum Gasteiger partial charge on any atom is -0.445 e. The molecule has 2 saturated heterocycles. The second kappa shape index (κ2) is 4.85. The van der Waals surface area contributed by atoms with E-state index in [0.29, 0.717) is 6.61 Å². The van der Waals surface area contributed by atoms with Gasteiger partial charge in [0.25, 0.3) is 0 Å². The van der Waals surface area contributed by atoms with Crippen molar-refractivity contribution in [2.75, 3.05) is 6.61 Å². The van der Waals surface area contributed by atoms with E-state index >= 15 is 0 Å². The number of carbonyl (C=O) groups excluding carboxylic acids is 1. The number of carbonyl (C=O) groups is 1. The normalized spacial score (nSPS) is 28.7. The number of fused-ring (bicyclic) bond motifs is 2. The van der Waals surface area contributed by atoms with Crippen LogP contribution in [0.4, 0.5) is 4.79 Å². The summed E-state index contributed by atoms with van der Waals surface area (Å²) in [7, 11) is 0. The van der Waals surface area contributed by atoms with Crippen molar-refractivity contribution in [2.24, 2.45) is 0 Å². The van der Waals surface area contributed by atoms with Crippen molar-refractivity contribution in [2.45, 2.75) is 43.9 Å². The summed E-state index contributed by atoms with van der Waals surface area (Å²) in [5.41, 5.74) is 0.638. The number of hydrogen-bond acceptors (Lipinski definition) is 3. The van der Waals surface area contributed by atoms with E-state index in [1.807, 2.05) is 30.3 Å². The van der Waals surface area contributed by atoms with Crippen molar-refractivity contribution in [3.05, 3.63) is 35.9 Å². The van der Waals surface area contributed by atoms with Gasteiger partial charge in [-0.25, -0.2) is 4.79 Å². The van der Waals surface area contributed by atoms with Crippen LogP contribution < -0.4 is 0 Å². The average molecular weight is 261 g/mol. The van der Waals surface area contributed by atoms with Crippen LogP contribution in [0, 0.1) is 0 Å². The first kappa shape index (κ1) is 12.5. The summed E-state index contributed by atoms with van der Waals surface area (Å²) >= 11 is 0. The van der Waals surface area contributed by atoms with Gasteiger partial charge in [0, 0.05) is 6.04 Å². The molecule has 0 atom stereocenters. The lowest BCUT2D eigenvalue weighted by Crippen LogP contribution is -2.47. The minimum absolute atomic E-state index is 0.0456. The Hall–Kier alpha value is -1.55. The van der Waals surface area contributed by atoms with Crippen LogP contribution in [0.15, 0.2) is 30.3 Å². The van der Waals surface area contributed by atoms with E-state index in [4.69, 9.17) is 4.74 Å². The van der Waals surface area contributed by atoms with Crippen LogP contribution in [0.2, 0.25) is 0 Å². The van der Waals surface area contributed by atoms with Gasteiger partial charge >= 0.3 is 6.09 Å². The van der Waals surface area contributed by atoms with E-state index in [1.165, 1.54) is 0 Å². The molecule has 2 fully saturated rings. The second-order valence-corrected chi connectivity index (χ2v) is 5.52. The van der Waals surface area contributed by atoms with Gasteiger partial charge in [0.15, 0.2) is 0 Å². The first-order chi connectivity index (χ1) is 9.25. The average Bonchev–Trinajstić information content (AvgIpc) is 3.02. The van der Waals surface area contributed by atoms with Crippen LogP contribution >= 0.6 is 0 Å². The Morgan fingerprint density at radius 2 is 2.00 bits per heavy atom. The summed E-state index contributed by atoms with van der Waals surface area (Å²) < 4.78 is 5.40. The molecule has 1 aromatic carbocycles. The van der Waals surface area contributed by atoms with Gasteiger partial charge in [-0.3, -0.25) is 4.90 Å². The maximum atomic E-state index is 12.2. The molecule has 4 heteroatoms. The highest BCUT2D eigenvalue weighted by Crippen LogP contribution is 2.46. The summed E-state index contributed by atoms with van der Waals surface area (Å²) in [5, 5.41) is 9.60. The Morgan fingerprint density at radius 1 is 1.32 bits per heavy atom. The second-order valence-electron chi connectivity index (χ2n) is 5.52. The molecule has 0 aliphatic carbocycles. The fraction of sp³-hybridized carbons (Fsp3) is 0.533. The van der Waals surface area contributed by atoms with E-state index in [9.17, 15) is 9.90 Å². The maximum Gasteiger partial charge on any atom is 0.410 e. The number of rotatable bonds is 3. The van der Waals surface area contributed by atoms with Crippen molar-refractivity contribution in [1.82, 2.24) is 4.90 Å². The number of ether oxygens (including phenoxy) is 1. The van der Waals surface area contributed by atoms with Crippen LogP contribution in [0.5, 0.6) is 0 Å². The van der Waals surface area contributed by atoms with Crippen molar-refractivity contribution in [1.29, 1.82) is 0 Å². The molecule has 0 radical (unpaired) electrons. The SMILES string of the molecule is O=C(OCc1ccccc1)N1C2CCC1(CO)CC2. The van der Waals surface area contributed by atoms with Crippen molar-refractivity contribution < 1.29 is 14.6 Å². The number of nitrogens with zero attached hydrogens (tertiary/aromatic N) is 1. The zero-order chi connectivity index (χ0) is 13.3. The van der Waals surface area contributed by atoms with Gasteiger partial charge < -0.3 is 9.84 Å². The molecule has 0 spiro atoms. The van der Waals surface area contributed by atoms with Gasteiger partial charge in [-0.2, -0.15) is 0 Å². The molecule has 1 N–H and O–H groups in total. The number of aliphatic hydroxyl groups is 1. The third kappa shape index (κ3) is 2.10. The van der Waals surface area contributed by atoms with Crippen molar-refractivity contribution >= 4 is 6.09 Å². The molecule has 4 nitrogen and oxygen atoms in total. The van der Waals surface area contributed by atoms with E-state index in [1.54, 1.807) is 4.90 Å². The van der Waals surface area contributed by atoms with Crippen LogP contribution in [-0.2, 0) is 11.3 Å². The summed E-state index contributed by atoms with van der Waals surface area (Å²) in [5.74, 6) is 0. The Labute approximate surface area is 113 Å². The van der Waals surface area contributed by atoms with Crippen molar-refractivity contribution in [3.8, 4) is 0 Å². The van der Waals surface area contributed by atoms with Crippen LogP contribution in [-0.4, -0.2) is 34.3 Å². The highest BCUT2D eigenvalue weighted by molar-refractivity contribution is 5.70. The van der Waals surface area contributed by atoms with Gasteiger partial charge in [-0.1, -0.05) is 30.3 Å². The summed E-state index contributed by atoms with van der Waals surface area (Å²) in [6.07, 6.45) is 3.49. The van der Waals surface area contributed by atoms with Gasteiger partial charge in [-0.05, 0) is 31.2 Å². The van der Waals surface area contributed by atoms with Gasteiger partial charge in [0.1, 0.15) is 6.61 Å². The Kier molecular flexibility index (Phi) is 3.19. The predicted molar refractivity (Wildman–Crippen MR) is 70.5 cm³/mol. The molecule has 2 aliphatic rings. The lowest BCUT2D eigenvalue weighted by molar-refractivity contribution is 0.0448. The topological polar surface area (TPSA) is 49.8 Å². The molecule has 0 aromatic heterocycles. The quantitative estimate of drug-likeness (QED) is 0.908. The van der Waals surface area contributed by atoms with Gasteiger partial charge in [0.2, 0.25) is 0 Å². The fourth-order valence-corrected chi connectivity index (χ4v) is 3.39. The molecule has 0 unspecified atom stereocenters. The number of aliphatic hydroxyl groups excluding tert-OH is 1. The number of benzene rings is 1. The van der Waals surface area contributed by atoms with Crippen molar-refractivity contribution in [3.63, 3.8) is 0 Å². The Balaban J connectivity index is 1.65. The molecule has 3 rings (SSSR count). The molecule has 2 aliphatic heterocycles. The number of hydrogen-bond donors (Lipinski definition) is 1. The van der Waals surface area contributed by atoms with Gasteiger partial charge in [-0.15, -0.1) is 0 Å². The molecule has 0 saturated carbocycles. The first-order valence-corrected chi connectivity index (χ1v) is 6.86. The zero-order valence-corrected chi connectivity index (χ0v) is 10.9. The Morgan fingerprint density at radius 3 is 2.63 bits per heavy atom. The van der Waals surface area contributed by atoms with E-state index in [0.717, 1.165) is 31.2 Å². The smallest absolute Gasteiger partial charge is 0.410 e. The largest absolute Gasteiger partial charge is 0.445 e. The molecular weight excluding hydrogens is 242 g/mol. The molecule has 19 heavy (non-hydrogen) atoms. The van der Waals surface area contributed by atoms with E-state index in [2.05, 4.69) is 0 Å². The van der Waals surface area contributed by atoms with E-state index in [-0.39, 0.29) is 24.3 Å². The third-order valence-corrected chi connectivity index (χ3v) is 4.46. The maximum absolute atomic E-state index is 12.2. The predicted octanol–water partition coefficient (Wildman–Crippen LogP) is 2.31. The number of amides is 1. The molecule has 1 amide bonds. The lowest BCUT2D eigenvalue weighted by Gasteiger charge is -2.32. The highest BCUT2D eigenvalue weighted by Gasteiger charge is 2.54. The van der Waals surface area contributed by atoms with Gasteiger partial charge in [0.05, 0.1) is 12.1 Å². The fourth-order valence-electron chi connectivity index (χ4n) is 3.39. The molecule has 2 heterocycles. The molecule has 2 bridgehead atoms. The molecule has 102 valence electrons. The zero-order valence-electron chi connectivity index (χ0n) is 10.9. The van der Waals surface area contributed by atoms with Crippen LogP contribution in [0.25, 0.3) is 0 Å². The summed E-state index contributed by atoms with van der Waals surface area (Å²) in [6, 6.07) is 9.93. The minimum atomic E-state index is -0.349. The Bertz CT molecular complexity index is 452. The lowest BCUT2D eigenvalue weighted by atomic mass is 9.89. The highest BCUT2D eigenvalue weighted by atomic mass is 16.6. The first-order valence-electron chi connectivity index (χ1n) is 6.86. The molecular formula is C15H19NO3. The summed E-state index contributed by atoms with van der Waals surface area (Å²) in [6.45, 7) is 0.342. The molecule has 1 aromatic rings. The van der Waals surface area contributed by atoms with E-state index < -0.39 is 0 Å². The third-order valence-electron chi connectivity index (χ3n) is 4.46. The van der Waals surface area contributed by atoms with Crippen LogP contribution in [0.1, 0.15) is 31.2 Å².